The highest BCUT2D eigenvalue weighted by Gasteiger charge is 2.26. The average molecular weight is 322 g/mol. The zero-order valence-corrected chi connectivity index (χ0v) is 10.9. The molecule has 5 nitrogen and oxygen atoms in total. The fraction of sp³-hybridized carbons (Fsp3) is 0. The molecule has 0 amide bonds. The van der Waals surface area contributed by atoms with Gasteiger partial charge in [-0.2, -0.15) is 10.4 Å². The van der Waals surface area contributed by atoms with E-state index in [4.69, 9.17) is 15.9 Å². The SMILES string of the molecule is N#Cc1cnn(-c2cc(F)c(F)cc2F)c1S(=O)(=O)Cl. The first kappa shape index (κ1) is 14.4. The summed E-state index contributed by atoms with van der Waals surface area (Å²) in [5.41, 5.74) is -1.14. The minimum atomic E-state index is -4.45. The van der Waals surface area contributed by atoms with E-state index >= 15 is 0 Å². The van der Waals surface area contributed by atoms with Gasteiger partial charge in [-0.1, -0.05) is 0 Å². The Kier molecular flexibility index (Phi) is 3.45. The molecule has 2 rings (SSSR count). The van der Waals surface area contributed by atoms with Gasteiger partial charge in [0.05, 0.1) is 6.20 Å². The molecular formula is C10H3ClF3N3O2S. The Balaban J connectivity index is 2.82. The van der Waals surface area contributed by atoms with Gasteiger partial charge >= 0.3 is 0 Å². The summed E-state index contributed by atoms with van der Waals surface area (Å²) in [5.74, 6) is -4.12. The van der Waals surface area contributed by atoms with Crippen molar-refractivity contribution in [1.82, 2.24) is 9.78 Å². The maximum absolute atomic E-state index is 13.6. The standard InChI is InChI=1S/C10H3ClF3N3O2S/c11-20(18,19)10-5(3-15)4-16-17(10)9-2-7(13)6(12)1-8(9)14/h1-2,4H. The van der Waals surface area contributed by atoms with E-state index in [0.717, 1.165) is 6.20 Å². The molecule has 0 atom stereocenters. The van der Waals surface area contributed by atoms with Crippen molar-refractivity contribution in [3.8, 4) is 11.8 Å². The van der Waals surface area contributed by atoms with Crippen LogP contribution in [0.25, 0.3) is 5.69 Å². The van der Waals surface area contributed by atoms with E-state index in [9.17, 15) is 21.6 Å². The summed E-state index contributed by atoms with van der Waals surface area (Å²) in [7, 11) is 0.679. The fourth-order valence-corrected chi connectivity index (χ4v) is 2.65. The van der Waals surface area contributed by atoms with Gasteiger partial charge in [-0.3, -0.25) is 0 Å². The topological polar surface area (TPSA) is 75.8 Å². The van der Waals surface area contributed by atoms with Gasteiger partial charge in [0, 0.05) is 22.8 Å². The molecular weight excluding hydrogens is 319 g/mol. The summed E-state index contributed by atoms with van der Waals surface area (Å²) >= 11 is 0. The lowest BCUT2D eigenvalue weighted by atomic mass is 10.3. The molecule has 0 aliphatic heterocycles. The number of aromatic nitrogens is 2. The van der Waals surface area contributed by atoms with Crippen molar-refractivity contribution in [2.24, 2.45) is 0 Å². The van der Waals surface area contributed by atoms with Crippen LogP contribution < -0.4 is 0 Å². The van der Waals surface area contributed by atoms with E-state index in [1.54, 1.807) is 0 Å². The van der Waals surface area contributed by atoms with Crippen molar-refractivity contribution in [2.75, 3.05) is 0 Å². The lowest BCUT2D eigenvalue weighted by Crippen LogP contribution is -2.09. The molecule has 0 unspecified atom stereocenters. The van der Waals surface area contributed by atoms with E-state index in [-0.39, 0.29) is 6.07 Å². The summed E-state index contributed by atoms with van der Waals surface area (Å²) in [6.45, 7) is 0. The number of benzene rings is 1. The number of halogens is 4. The Morgan fingerprint density at radius 3 is 2.35 bits per heavy atom. The largest absolute Gasteiger partial charge is 0.280 e. The van der Waals surface area contributed by atoms with Gasteiger partial charge in [-0.05, 0) is 0 Å². The minimum Gasteiger partial charge on any atom is -0.216 e. The maximum Gasteiger partial charge on any atom is 0.280 e. The Morgan fingerprint density at radius 2 is 1.80 bits per heavy atom. The molecule has 10 heteroatoms. The number of nitrogens with zero attached hydrogens (tertiary/aromatic N) is 3. The first-order chi connectivity index (χ1) is 9.25. The van der Waals surface area contributed by atoms with E-state index in [2.05, 4.69) is 5.10 Å². The summed E-state index contributed by atoms with van der Waals surface area (Å²) in [6, 6.07) is 2.13. The zero-order chi connectivity index (χ0) is 15.1. The molecule has 2 aromatic rings. The second-order valence-corrected chi connectivity index (χ2v) is 6.02. The Bertz CT molecular complexity index is 842. The third kappa shape index (κ3) is 2.35. The van der Waals surface area contributed by atoms with E-state index in [1.807, 2.05) is 0 Å². The maximum atomic E-state index is 13.6. The quantitative estimate of drug-likeness (QED) is 0.627. The molecule has 1 aromatic heterocycles. The van der Waals surface area contributed by atoms with Crippen LogP contribution in [0, 0.1) is 28.8 Å². The van der Waals surface area contributed by atoms with Gasteiger partial charge in [0.25, 0.3) is 9.05 Å². The second kappa shape index (κ2) is 4.81. The molecule has 0 aliphatic carbocycles. The Labute approximate surface area is 115 Å². The van der Waals surface area contributed by atoms with Gasteiger partial charge in [0.2, 0.25) is 0 Å². The van der Waals surface area contributed by atoms with Crippen LogP contribution >= 0.6 is 10.7 Å². The van der Waals surface area contributed by atoms with Gasteiger partial charge in [0.15, 0.2) is 22.5 Å². The van der Waals surface area contributed by atoms with Crippen molar-refractivity contribution in [3.63, 3.8) is 0 Å². The first-order valence-electron chi connectivity index (χ1n) is 4.83. The monoisotopic (exact) mass is 321 g/mol. The van der Waals surface area contributed by atoms with E-state index < -0.39 is 42.8 Å². The highest BCUT2D eigenvalue weighted by molar-refractivity contribution is 8.13. The average Bonchev–Trinajstić information content (AvgIpc) is 2.77. The Hall–Kier alpha value is -2.05. The van der Waals surface area contributed by atoms with Gasteiger partial charge < -0.3 is 0 Å². The molecule has 0 radical (unpaired) electrons. The summed E-state index contributed by atoms with van der Waals surface area (Å²) < 4.78 is 62.8. The van der Waals surface area contributed by atoms with E-state index in [0.29, 0.717) is 10.7 Å². The summed E-state index contributed by atoms with van der Waals surface area (Å²) in [4.78, 5) is 0. The molecule has 1 heterocycles. The molecule has 0 saturated carbocycles. The smallest absolute Gasteiger partial charge is 0.216 e. The van der Waals surface area contributed by atoms with Crippen LogP contribution in [0.2, 0.25) is 0 Å². The molecule has 0 fully saturated rings. The molecule has 0 saturated heterocycles. The Morgan fingerprint density at radius 1 is 1.20 bits per heavy atom. The van der Waals surface area contributed by atoms with Crippen LogP contribution in [-0.2, 0) is 9.05 Å². The lowest BCUT2D eigenvalue weighted by molar-refractivity contribution is 0.489. The zero-order valence-electron chi connectivity index (χ0n) is 9.31. The third-order valence-electron chi connectivity index (χ3n) is 2.29. The van der Waals surface area contributed by atoms with Crippen molar-refractivity contribution < 1.29 is 21.6 Å². The molecule has 0 bridgehead atoms. The number of hydrogen-bond donors (Lipinski definition) is 0. The highest BCUT2D eigenvalue weighted by Crippen LogP contribution is 2.25. The van der Waals surface area contributed by atoms with Crippen LogP contribution in [0.15, 0.2) is 23.4 Å². The third-order valence-corrected chi connectivity index (χ3v) is 3.59. The van der Waals surface area contributed by atoms with Crippen molar-refractivity contribution in [2.45, 2.75) is 5.03 Å². The second-order valence-electron chi connectivity index (χ2n) is 3.54. The van der Waals surface area contributed by atoms with Gasteiger partial charge in [-0.25, -0.2) is 26.3 Å². The molecule has 0 N–H and O–H groups in total. The number of nitriles is 1. The molecule has 1 aromatic carbocycles. The minimum absolute atomic E-state index is 0.225. The van der Waals surface area contributed by atoms with Crippen LogP contribution in [0.1, 0.15) is 5.56 Å². The normalized spacial score (nSPS) is 11.3. The van der Waals surface area contributed by atoms with E-state index in [1.165, 1.54) is 6.07 Å². The molecule has 0 aliphatic rings. The molecule has 20 heavy (non-hydrogen) atoms. The van der Waals surface area contributed by atoms with Crippen LogP contribution in [0.4, 0.5) is 13.2 Å². The fourth-order valence-electron chi connectivity index (χ4n) is 1.49. The molecule has 0 spiro atoms. The van der Waals surface area contributed by atoms with Gasteiger partial charge in [-0.15, -0.1) is 0 Å². The number of rotatable bonds is 2. The van der Waals surface area contributed by atoms with Gasteiger partial charge in [0.1, 0.15) is 17.3 Å². The highest BCUT2D eigenvalue weighted by atomic mass is 35.7. The summed E-state index contributed by atoms with van der Waals surface area (Å²) in [6.07, 6.45) is 0.815. The van der Waals surface area contributed by atoms with Crippen molar-refractivity contribution >= 4 is 19.7 Å². The molecule has 104 valence electrons. The van der Waals surface area contributed by atoms with Crippen molar-refractivity contribution in [3.05, 3.63) is 41.3 Å². The number of hydrogen-bond acceptors (Lipinski definition) is 4. The predicted molar refractivity (Wildman–Crippen MR) is 61.2 cm³/mol. The lowest BCUT2D eigenvalue weighted by Gasteiger charge is -2.07. The first-order valence-corrected chi connectivity index (χ1v) is 7.14. The summed E-state index contributed by atoms with van der Waals surface area (Å²) in [5, 5.41) is 11.4. The van der Waals surface area contributed by atoms with Crippen molar-refractivity contribution in [1.29, 1.82) is 5.26 Å². The van der Waals surface area contributed by atoms with Crippen LogP contribution in [0.5, 0.6) is 0 Å². The predicted octanol–water partition coefficient (Wildman–Crippen LogP) is 2.09. The van der Waals surface area contributed by atoms with Crippen LogP contribution in [-0.4, -0.2) is 18.2 Å². The van der Waals surface area contributed by atoms with Crippen LogP contribution in [0.3, 0.4) is 0 Å².